The second-order valence-corrected chi connectivity index (χ2v) is 17.3. The summed E-state index contributed by atoms with van der Waals surface area (Å²) in [5.74, 6) is 1.12. The number of terminal acetylenes is 1. The highest BCUT2D eigenvalue weighted by molar-refractivity contribution is 6.45. The molecule has 2 saturated heterocycles. The molecule has 2 fully saturated rings. The van der Waals surface area contributed by atoms with Crippen LogP contribution in [0.15, 0.2) is 67.2 Å². The van der Waals surface area contributed by atoms with E-state index in [1.165, 1.54) is 35.4 Å². The molecule has 0 spiro atoms. The first-order chi connectivity index (χ1) is 35.4. The van der Waals surface area contributed by atoms with Crippen LogP contribution in [-0.4, -0.2) is 204 Å². The lowest BCUT2D eigenvalue weighted by Gasteiger charge is -2.35. The van der Waals surface area contributed by atoms with Gasteiger partial charge in [0.2, 0.25) is 5.82 Å². The SMILES string of the molecule is C#CCOCCOCCOCCOCCN1CCN(CCCN(CCCNC(=O)c2ncn(-c3ncc(OC)c4c(C(=O)C(=O)N5CCC(=C(C#N)c6ccccc6)CC5)c[nH]c34)n2)Cc2cnc[nH]2)CC1. The molecule has 5 aromatic rings. The van der Waals surface area contributed by atoms with Gasteiger partial charge in [0.05, 0.1) is 94.0 Å². The topological polar surface area (TPSA) is 234 Å². The fourth-order valence-corrected chi connectivity index (χ4v) is 8.73. The number of nitrogens with zero attached hydrogens (tertiary/aromatic N) is 10. The molecule has 21 nitrogen and oxygen atoms in total. The van der Waals surface area contributed by atoms with Gasteiger partial charge in [-0.15, -0.1) is 11.5 Å². The van der Waals surface area contributed by atoms with Gasteiger partial charge in [0, 0.05) is 83.5 Å². The number of benzene rings is 1. The molecular formula is C51H65N13O8. The molecule has 2 aliphatic rings. The number of amides is 2. The highest BCUT2D eigenvalue weighted by atomic mass is 16.6. The molecule has 0 unspecified atom stereocenters. The van der Waals surface area contributed by atoms with E-state index in [1.54, 1.807) is 6.33 Å². The number of allylic oxidation sites excluding steroid dienone is 1. The maximum atomic E-state index is 13.8. The number of hydrogen-bond acceptors (Lipinski definition) is 16. The Labute approximate surface area is 419 Å². The summed E-state index contributed by atoms with van der Waals surface area (Å²) >= 11 is 0. The minimum atomic E-state index is -0.709. The van der Waals surface area contributed by atoms with Crippen LogP contribution in [0.25, 0.3) is 22.3 Å². The number of piperazine rings is 1. The molecule has 0 saturated carbocycles. The number of carbonyl (C=O) groups is 3. The van der Waals surface area contributed by atoms with Crippen LogP contribution in [0.3, 0.4) is 0 Å². The number of nitrogens with one attached hydrogen (secondary N) is 3. The van der Waals surface area contributed by atoms with Crippen molar-refractivity contribution in [2.45, 2.75) is 32.2 Å². The lowest BCUT2D eigenvalue weighted by molar-refractivity contribution is -0.126. The number of aromatic nitrogens is 7. The van der Waals surface area contributed by atoms with Gasteiger partial charge >= 0.3 is 0 Å². The summed E-state index contributed by atoms with van der Waals surface area (Å²) < 4.78 is 28.9. The van der Waals surface area contributed by atoms with Crippen molar-refractivity contribution in [3.8, 4) is 30.0 Å². The monoisotopic (exact) mass is 988 g/mol. The van der Waals surface area contributed by atoms with E-state index in [0.29, 0.717) is 108 Å². The molecule has 382 valence electrons. The lowest BCUT2D eigenvalue weighted by Crippen LogP contribution is -2.47. The van der Waals surface area contributed by atoms with Gasteiger partial charge in [-0.1, -0.05) is 36.3 Å². The van der Waals surface area contributed by atoms with Crippen molar-refractivity contribution < 1.29 is 38.1 Å². The molecule has 72 heavy (non-hydrogen) atoms. The van der Waals surface area contributed by atoms with Gasteiger partial charge in [0.15, 0.2) is 5.82 Å². The van der Waals surface area contributed by atoms with Gasteiger partial charge in [-0.3, -0.25) is 24.2 Å². The summed E-state index contributed by atoms with van der Waals surface area (Å²) in [5.41, 5.74) is 3.92. The second kappa shape index (κ2) is 28.3. The molecule has 0 aliphatic carbocycles. The predicted molar refractivity (Wildman–Crippen MR) is 267 cm³/mol. The van der Waals surface area contributed by atoms with E-state index < -0.39 is 17.6 Å². The summed E-state index contributed by atoms with van der Waals surface area (Å²) in [4.78, 5) is 68.9. The van der Waals surface area contributed by atoms with Crippen LogP contribution in [0.2, 0.25) is 0 Å². The molecule has 0 atom stereocenters. The number of nitriles is 1. The minimum absolute atomic E-state index is 0.0474. The number of rotatable bonds is 29. The maximum absolute atomic E-state index is 13.8. The molecular weight excluding hydrogens is 923 g/mol. The summed E-state index contributed by atoms with van der Waals surface area (Å²) in [7, 11) is 1.46. The van der Waals surface area contributed by atoms with Gasteiger partial charge < -0.3 is 48.8 Å². The fourth-order valence-electron chi connectivity index (χ4n) is 8.73. The molecule has 0 bridgehead atoms. The zero-order valence-electron chi connectivity index (χ0n) is 41.1. The maximum Gasteiger partial charge on any atom is 0.295 e. The number of imidazole rings is 1. The number of carbonyl (C=O) groups excluding carboxylic acids is 3. The Hall–Kier alpha value is -6.82. The number of H-pyrrole nitrogens is 2. The molecule has 7 rings (SSSR count). The zero-order chi connectivity index (χ0) is 50.3. The highest BCUT2D eigenvalue weighted by Crippen LogP contribution is 2.33. The van der Waals surface area contributed by atoms with Crippen molar-refractivity contribution in [3.63, 3.8) is 0 Å². The third-order valence-corrected chi connectivity index (χ3v) is 12.6. The molecule has 3 N–H and O–H groups in total. The number of pyridine rings is 1. The Kier molecular flexibility index (Phi) is 20.8. The van der Waals surface area contributed by atoms with Gasteiger partial charge in [0.1, 0.15) is 18.7 Å². The minimum Gasteiger partial charge on any atom is -0.494 e. The van der Waals surface area contributed by atoms with E-state index >= 15 is 0 Å². The average Bonchev–Trinajstić information content (AvgIpc) is 4.23. The third-order valence-electron chi connectivity index (χ3n) is 12.6. The third kappa shape index (κ3) is 15.1. The van der Waals surface area contributed by atoms with Crippen molar-refractivity contribution in [1.82, 2.24) is 59.6 Å². The zero-order valence-corrected chi connectivity index (χ0v) is 41.1. The average molecular weight is 988 g/mol. The highest BCUT2D eigenvalue weighted by Gasteiger charge is 2.31. The summed E-state index contributed by atoms with van der Waals surface area (Å²) in [5, 5.41) is 17.6. The number of methoxy groups -OCH3 is 1. The number of Topliss-reactive ketones (excluding diaryl/α,β-unsaturated/α-hetero) is 1. The first-order valence-corrected chi connectivity index (χ1v) is 24.5. The first kappa shape index (κ1) is 53.0. The number of ketones is 1. The van der Waals surface area contributed by atoms with E-state index in [0.717, 1.165) is 82.2 Å². The van der Waals surface area contributed by atoms with Crippen LogP contribution < -0.4 is 10.1 Å². The number of piperidine rings is 1. The van der Waals surface area contributed by atoms with Crippen molar-refractivity contribution in [3.05, 3.63) is 89.8 Å². The Morgan fingerprint density at radius 2 is 1.54 bits per heavy atom. The summed E-state index contributed by atoms with van der Waals surface area (Å²) in [6.45, 7) is 13.4. The Morgan fingerprint density at radius 3 is 2.22 bits per heavy atom. The Morgan fingerprint density at radius 1 is 0.847 bits per heavy atom. The van der Waals surface area contributed by atoms with Gasteiger partial charge in [-0.05, 0) is 49.9 Å². The fraction of sp³-hybridized carbons (Fsp3) is 0.490. The van der Waals surface area contributed by atoms with Gasteiger partial charge in [0.25, 0.3) is 17.6 Å². The Balaban J connectivity index is 0.828. The van der Waals surface area contributed by atoms with Crippen LogP contribution >= 0.6 is 0 Å². The second-order valence-electron chi connectivity index (χ2n) is 17.3. The number of likely N-dealkylation sites (tertiary alicyclic amines) is 1. The Bertz CT molecular complexity index is 2600. The number of ether oxygens (including phenoxy) is 5. The predicted octanol–water partition coefficient (Wildman–Crippen LogP) is 2.99. The molecule has 1 aromatic carbocycles. The first-order valence-electron chi connectivity index (χ1n) is 24.5. The van der Waals surface area contributed by atoms with Crippen molar-refractivity contribution in [2.75, 3.05) is 132 Å². The summed E-state index contributed by atoms with van der Waals surface area (Å²) in [6, 6.07) is 11.8. The van der Waals surface area contributed by atoms with Crippen molar-refractivity contribution in [2.24, 2.45) is 0 Å². The van der Waals surface area contributed by atoms with E-state index in [9.17, 15) is 19.6 Å². The van der Waals surface area contributed by atoms with Crippen LogP contribution in [0.1, 0.15) is 57.9 Å². The van der Waals surface area contributed by atoms with Crippen LogP contribution in [-0.2, 0) is 30.3 Å². The smallest absolute Gasteiger partial charge is 0.295 e. The lowest BCUT2D eigenvalue weighted by atomic mass is 9.93. The standard InChI is InChI=1S/C51H65N13O8/c1-3-24-69-26-28-71-30-31-72-29-27-70-25-23-61-21-19-60(20-22-61)15-8-16-62(36-41-33-53-37-57-41)14-7-13-54-50(66)48-58-38-64(59-48)49-46-45(44(68-2)35-56-49)43(34-55-46)47(65)51(67)63-17-11-40(12-18-63)42(32-52)39-9-5-4-6-10-39/h1,4-6,9-10,33-35,37-38,55H,7-8,11-31,36H2,2H3,(H,53,57)(H,54,66). The van der Waals surface area contributed by atoms with E-state index in [4.69, 9.17) is 30.1 Å². The normalized spacial score (nSPS) is 14.4. The van der Waals surface area contributed by atoms with Crippen LogP contribution in [0.4, 0.5) is 0 Å². The van der Waals surface area contributed by atoms with Gasteiger partial charge in [-0.25, -0.2) is 15.0 Å². The number of aromatic amines is 2. The molecule has 4 aromatic heterocycles. The number of hydrogen-bond donors (Lipinski definition) is 3. The van der Waals surface area contributed by atoms with Crippen LogP contribution in [0.5, 0.6) is 5.75 Å². The molecule has 21 heteroatoms. The molecule has 2 aliphatic heterocycles. The van der Waals surface area contributed by atoms with Crippen LogP contribution in [0, 0.1) is 23.7 Å². The number of fused-ring (bicyclic) bond motifs is 1. The van der Waals surface area contributed by atoms with E-state index in [-0.39, 0.29) is 23.0 Å². The largest absolute Gasteiger partial charge is 0.494 e. The van der Waals surface area contributed by atoms with Gasteiger partial charge in [-0.2, -0.15) is 9.94 Å². The molecule has 0 radical (unpaired) electrons. The van der Waals surface area contributed by atoms with E-state index in [2.05, 4.69) is 62.0 Å². The van der Waals surface area contributed by atoms with E-state index in [1.807, 2.05) is 36.5 Å². The van der Waals surface area contributed by atoms with Crippen molar-refractivity contribution >= 4 is 34.1 Å². The molecule has 2 amide bonds. The molecule has 6 heterocycles. The quantitative estimate of drug-likeness (QED) is 0.0205. The summed E-state index contributed by atoms with van der Waals surface area (Å²) in [6.07, 6.45) is 15.6. The van der Waals surface area contributed by atoms with Crippen molar-refractivity contribution in [1.29, 1.82) is 5.26 Å².